The van der Waals surface area contributed by atoms with Crippen molar-refractivity contribution in [2.75, 3.05) is 40.0 Å². The van der Waals surface area contributed by atoms with Crippen LogP contribution in [-0.2, 0) is 17.9 Å². The van der Waals surface area contributed by atoms with Crippen molar-refractivity contribution < 1.29 is 34.3 Å². The quantitative estimate of drug-likeness (QED) is 0.173. The SMILES string of the molecule is COc1cc(OCc2cccc(-c3cccc(OCCCN4CCC(O)C4)c3C)c2C)c(Cl)cc1CNC(C)(CO)C(=O)O. The van der Waals surface area contributed by atoms with Crippen molar-refractivity contribution in [2.45, 2.75) is 58.4 Å². The predicted molar refractivity (Wildman–Crippen MR) is 171 cm³/mol. The van der Waals surface area contributed by atoms with Crippen LogP contribution in [0.4, 0.5) is 0 Å². The van der Waals surface area contributed by atoms with E-state index in [1.165, 1.54) is 14.0 Å². The number of carboxylic acids is 1. The molecule has 1 saturated heterocycles. The number of methoxy groups -OCH3 is 1. The molecule has 0 saturated carbocycles. The monoisotopic (exact) mass is 626 g/mol. The smallest absolute Gasteiger partial charge is 0.326 e. The van der Waals surface area contributed by atoms with E-state index in [1.54, 1.807) is 12.1 Å². The van der Waals surface area contributed by atoms with Crippen LogP contribution >= 0.6 is 11.6 Å². The van der Waals surface area contributed by atoms with Crippen molar-refractivity contribution in [3.8, 4) is 28.4 Å². The van der Waals surface area contributed by atoms with E-state index >= 15 is 0 Å². The van der Waals surface area contributed by atoms with Crippen LogP contribution in [0.5, 0.6) is 17.2 Å². The van der Waals surface area contributed by atoms with Crippen LogP contribution in [0.2, 0.25) is 5.02 Å². The maximum atomic E-state index is 11.5. The molecule has 1 fully saturated rings. The van der Waals surface area contributed by atoms with E-state index in [0.29, 0.717) is 28.7 Å². The van der Waals surface area contributed by atoms with Crippen LogP contribution in [0.3, 0.4) is 0 Å². The molecule has 4 N–H and O–H groups in total. The first-order valence-electron chi connectivity index (χ1n) is 14.9. The first-order valence-corrected chi connectivity index (χ1v) is 15.2. The zero-order chi connectivity index (χ0) is 31.9. The maximum absolute atomic E-state index is 11.5. The van der Waals surface area contributed by atoms with Crippen LogP contribution in [0, 0.1) is 13.8 Å². The highest BCUT2D eigenvalue weighted by Gasteiger charge is 2.32. The number of benzene rings is 3. The zero-order valence-corrected chi connectivity index (χ0v) is 26.6. The van der Waals surface area contributed by atoms with E-state index in [-0.39, 0.29) is 19.3 Å². The fraction of sp³-hybridized carbons (Fsp3) is 0.441. The number of carboxylic acid groups (broad SMARTS) is 1. The highest BCUT2D eigenvalue weighted by molar-refractivity contribution is 6.32. The largest absolute Gasteiger partial charge is 0.496 e. The summed E-state index contributed by atoms with van der Waals surface area (Å²) in [7, 11) is 1.52. The lowest BCUT2D eigenvalue weighted by Gasteiger charge is -2.24. The van der Waals surface area contributed by atoms with E-state index in [0.717, 1.165) is 66.0 Å². The Balaban J connectivity index is 1.43. The van der Waals surface area contributed by atoms with Crippen molar-refractivity contribution in [1.29, 1.82) is 0 Å². The first-order chi connectivity index (χ1) is 21.1. The van der Waals surface area contributed by atoms with Gasteiger partial charge in [0.25, 0.3) is 0 Å². The summed E-state index contributed by atoms with van der Waals surface area (Å²) in [6.07, 6.45) is 1.54. The van der Waals surface area contributed by atoms with E-state index in [4.69, 9.17) is 25.8 Å². The number of hydrogen-bond acceptors (Lipinski definition) is 8. The minimum Gasteiger partial charge on any atom is -0.496 e. The Morgan fingerprint density at radius 3 is 2.43 bits per heavy atom. The molecule has 1 heterocycles. The Bertz CT molecular complexity index is 1450. The summed E-state index contributed by atoms with van der Waals surface area (Å²) < 4.78 is 17.9. The average Bonchev–Trinajstić information content (AvgIpc) is 3.43. The number of aliphatic hydroxyl groups is 2. The third-order valence-corrected chi connectivity index (χ3v) is 8.61. The second-order valence-electron chi connectivity index (χ2n) is 11.5. The summed E-state index contributed by atoms with van der Waals surface area (Å²) >= 11 is 6.57. The third-order valence-electron chi connectivity index (χ3n) is 8.32. The number of hydrogen-bond donors (Lipinski definition) is 4. The molecule has 9 nitrogen and oxygen atoms in total. The number of aliphatic carboxylic acids is 1. The lowest BCUT2D eigenvalue weighted by atomic mass is 9.93. The highest BCUT2D eigenvalue weighted by Crippen LogP contribution is 2.36. The highest BCUT2D eigenvalue weighted by atomic mass is 35.5. The van der Waals surface area contributed by atoms with Gasteiger partial charge in [-0.25, -0.2) is 0 Å². The second-order valence-corrected chi connectivity index (χ2v) is 11.9. The minimum atomic E-state index is -1.50. The summed E-state index contributed by atoms with van der Waals surface area (Å²) in [6.45, 7) is 8.61. The van der Waals surface area contributed by atoms with Gasteiger partial charge in [-0.05, 0) is 73.6 Å². The number of nitrogens with one attached hydrogen (secondary N) is 1. The van der Waals surface area contributed by atoms with Gasteiger partial charge in [-0.15, -0.1) is 0 Å². The molecule has 3 aromatic carbocycles. The molecular weight excluding hydrogens is 584 g/mol. The Morgan fingerprint density at radius 2 is 1.77 bits per heavy atom. The average molecular weight is 627 g/mol. The number of nitrogens with zero attached hydrogens (tertiary/aromatic N) is 1. The van der Waals surface area contributed by atoms with Crippen molar-refractivity contribution in [3.05, 3.63) is 75.8 Å². The molecule has 0 amide bonds. The molecule has 238 valence electrons. The summed E-state index contributed by atoms with van der Waals surface area (Å²) in [5.74, 6) is 0.627. The topological polar surface area (TPSA) is 121 Å². The van der Waals surface area contributed by atoms with E-state index in [9.17, 15) is 20.1 Å². The van der Waals surface area contributed by atoms with Crippen LogP contribution < -0.4 is 19.5 Å². The maximum Gasteiger partial charge on any atom is 0.326 e. The Labute approximate surface area is 264 Å². The summed E-state index contributed by atoms with van der Waals surface area (Å²) in [6, 6.07) is 15.6. The van der Waals surface area contributed by atoms with Crippen molar-refractivity contribution in [1.82, 2.24) is 10.2 Å². The molecular formula is C34H43ClN2O7. The standard InChI is InChI=1S/C34H43ClN2O7/c1-22-24(20-44-32-17-31(42-4)25(16-29(32)35)18-36-34(3,21-38)33(40)41)8-5-9-27(22)28-10-6-11-30(23(28)2)43-15-7-13-37-14-12-26(39)19-37/h5-6,8-11,16-17,26,36,38-39H,7,12-15,18-21H2,1-4H3,(H,40,41). The molecule has 1 aliphatic heterocycles. The third kappa shape index (κ3) is 8.02. The lowest BCUT2D eigenvalue weighted by Crippen LogP contribution is -2.52. The fourth-order valence-electron chi connectivity index (χ4n) is 5.34. The van der Waals surface area contributed by atoms with Crippen molar-refractivity contribution in [2.24, 2.45) is 0 Å². The number of ether oxygens (including phenoxy) is 3. The van der Waals surface area contributed by atoms with Crippen LogP contribution in [0.15, 0.2) is 48.5 Å². The van der Waals surface area contributed by atoms with Crippen molar-refractivity contribution >= 4 is 17.6 Å². The molecule has 44 heavy (non-hydrogen) atoms. The van der Waals surface area contributed by atoms with Gasteiger partial charge in [0.2, 0.25) is 0 Å². The van der Waals surface area contributed by atoms with Gasteiger partial charge in [0.05, 0.1) is 31.5 Å². The van der Waals surface area contributed by atoms with Gasteiger partial charge in [0.15, 0.2) is 0 Å². The number of β-amino-alcohol motifs (C(OH)–C–C–N with tert-alkyl or cyclic N) is 1. The Kier molecular flexibility index (Phi) is 11.5. The summed E-state index contributed by atoms with van der Waals surface area (Å²) in [5.41, 5.74) is 4.48. The van der Waals surface area contributed by atoms with E-state index < -0.39 is 18.1 Å². The molecule has 2 unspecified atom stereocenters. The number of rotatable bonds is 15. The van der Waals surface area contributed by atoms with Gasteiger partial charge < -0.3 is 34.4 Å². The number of likely N-dealkylation sites (tertiary alicyclic amines) is 1. The molecule has 0 radical (unpaired) electrons. The zero-order valence-electron chi connectivity index (χ0n) is 25.9. The summed E-state index contributed by atoms with van der Waals surface area (Å²) in [5, 5.41) is 31.9. The van der Waals surface area contributed by atoms with Crippen LogP contribution in [0.25, 0.3) is 11.1 Å². The minimum absolute atomic E-state index is 0.123. The first kappa shape index (κ1) is 33.6. The normalized spacial score (nSPS) is 16.5. The van der Waals surface area contributed by atoms with Gasteiger partial charge in [0.1, 0.15) is 29.4 Å². The molecule has 0 aromatic heterocycles. The second kappa shape index (κ2) is 15.1. The van der Waals surface area contributed by atoms with E-state index in [2.05, 4.69) is 36.2 Å². The molecule has 0 spiro atoms. The van der Waals surface area contributed by atoms with Gasteiger partial charge in [-0.1, -0.05) is 41.9 Å². The Morgan fingerprint density at radius 1 is 1.05 bits per heavy atom. The number of halogens is 1. The number of aliphatic hydroxyl groups excluding tert-OH is 2. The van der Waals surface area contributed by atoms with Crippen LogP contribution in [-0.4, -0.2) is 77.8 Å². The van der Waals surface area contributed by atoms with Gasteiger partial charge in [-0.3, -0.25) is 10.1 Å². The molecule has 1 aliphatic rings. The van der Waals surface area contributed by atoms with Gasteiger partial charge >= 0.3 is 5.97 Å². The van der Waals surface area contributed by atoms with Crippen LogP contribution in [0.1, 0.15) is 42.0 Å². The molecule has 4 rings (SSSR count). The summed E-state index contributed by atoms with van der Waals surface area (Å²) in [4.78, 5) is 13.8. The molecule has 2 atom stereocenters. The fourth-order valence-corrected chi connectivity index (χ4v) is 5.58. The van der Waals surface area contributed by atoms with Crippen molar-refractivity contribution in [3.63, 3.8) is 0 Å². The molecule has 10 heteroatoms. The molecule has 3 aromatic rings. The Hall–Kier alpha value is -3.34. The lowest BCUT2D eigenvalue weighted by molar-refractivity contribution is -0.145. The van der Waals surface area contributed by atoms with Gasteiger partial charge in [-0.2, -0.15) is 0 Å². The predicted octanol–water partition coefficient (Wildman–Crippen LogP) is 4.97. The number of carbonyl (C=O) groups is 1. The molecule has 0 bridgehead atoms. The van der Waals surface area contributed by atoms with Gasteiger partial charge in [0, 0.05) is 37.8 Å². The molecule has 0 aliphatic carbocycles. The van der Waals surface area contributed by atoms with E-state index in [1.807, 2.05) is 24.3 Å².